The molecule has 1 heterocycles. The van der Waals surface area contributed by atoms with E-state index in [9.17, 15) is 5.11 Å². The predicted molar refractivity (Wildman–Crippen MR) is 110 cm³/mol. The van der Waals surface area contributed by atoms with Crippen LogP contribution in [-0.4, -0.2) is 29.3 Å². The molecule has 0 saturated heterocycles. The van der Waals surface area contributed by atoms with Gasteiger partial charge >= 0.3 is 0 Å². The Hall–Kier alpha value is -2.21. The van der Waals surface area contributed by atoms with E-state index in [1.807, 2.05) is 55.1 Å². The van der Waals surface area contributed by atoms with Gasteiger partial charge in [-0.1, -0.05) is 35.3 Å². The standard InChI is InChI=1S/C20H21Cl2N3O2/c1-12-9-17(13(2)8-16(12)22)23-20-24-19(26)18(27-3)11-25(20)10-14-4-6-15(21)7-5-14/h4-9,11,19,26H,10H2,1-3H3,(H,23,24). The number of nitrogens with one attached hydrogen (secondary N) is 1. The molecule has 1 atom stereocenters. The zero-order valence-electron chi connectivity index (χ0n) is 15.3. The van der Waals surface area contributed by atoms with Crippen molar-refractivity contribution in [3.05, 3.63) is 75.1 Å². The lowest BCUT2D eigenvalue weighted by atomic mass is 10.1. The Labute approximate surface area is 168 Å². The third-order valence-corrected chi connectivity index (χ3v) is 4.97. The molecule has 0 fully saturated rings. The predicted octanol–water partition coefficient (Wildman–Crippen LogP) is 4.70. The van der Waals surface area contributed by atoms with Gasteiger partial charge in [-0.05, 0) is 54.8 Å². The average Bonchev–Trinajstić information content (AvgIpc) is 2.63. The van der Waals surface area contributed by atoms with Crippen molar-refractivity contribution < 1.29 is 9.84 Å². The molecule has 2 aromatic rings. The molecular weight excluding hydrogens is 385 g/mol. The second-order valence-electron chi connectivity index (χ2n) is 6.36. The summed E-state index contributed by atoms with van der Waals surface area (Å²) in [5, 5.41) is 14.9. The van der Waals surface area contributed by atoms with E-state index in [-0.39, 0.29) is 0 Å². The van der Waals surface area contributed by atoms with Crippen molar-refractivity contribution in [3.63, 3.8) is 0 Å². The fourth-order valence-electron chi connectivity index (χ4n) is 2.74. The molecule has 0 aliphatic carbocycles. The van der Waals surface area contributed by atoms with E-state index in [4.69, 9.17) is 27.9 Å². The van der Waals surface area contributed by atoms with E-state index in [2.05, 4.69) is 10.3 Å². The van der Waals surface area contributed by atoms with Gasteiger partial charge in [-0.3, -0.25) is 0 Å². The maximum Gasteiger partial charge on any atom is 0.208 e. The number of hydrogen-bond acceptors (Lipinski definition) is 5. The van der Waals surface area contributed by atoms with E-state index < -0.39 is 6.23 Å². The van der Waals surface area contributed by atoms with Crippen molar-refractivity contribution in [1.82, 2.24) is 4.90 Å². The molecule has 1 aliphatic rings. The minimum atomic E-state index is -1.06. The molecule has 5 nitrogen and oxygen atoms in total. The third kappa shape index (κ3) is 4.56. The Kier molecular flexibility index (Phi) is 5.95. The van der Waals surface area contributed by atoms with E-state index in [0.717, 1.165) is 22.4 Å². The van der Waals surface area contributed by atoms with Crippen LogP contribution in [0.1, 0.15) is 16.7 Å². The number of aliphatic imine (C=N–C) groups is 1. The molecule has 142 valence electrons. The van der Waals surface area contributed by atoms with Gasteiger partial charge in [0.25, 0.3) is 0 Å². The molecule has 0 spiro atoms. The summed E-state index contributed by atoms with van der Waals surface area (Å²) in [4.78, 5) is 6.24. The van der Waals surface area contributed by atoms with Crippen molar-refractivity contribution in [1.29, 1.82) is 0 Å². The smallest absolute Gasteiger partial charge is 0.208 e. The van der Waals surface area contributed by atoms with Crippen LogP contribution in [0.4, 0.5) is 5.69 Å². The van der Waals surface area contributed by atoms with E-state index in [1.54, 1.807) is 6.20 Å². The van der Waals surface area contributed by atoms with Crippen LogP contribution >= 0.6 is 23.2 Å². The summed E-state index contributed by atoms with van der Waals surface area (Å²) in [5.41, 5.74) is 3.86. The minimum Gasteiger partial charge on any atom is -0.495 e. The van der Waals surface area contributed by atoms with Crippen molar-refractivity contribution in [2.75, 3.05) is 12.4 Å². The van der Waals surface area contributed by atoms with E-state index in [0.29, 0.717) is 28.3 Å². The highest BCUT2D eigenvalue weighted by Crippen LogP contribution is 2.26. The normalized spacial score (nSPS) is 16.7. The second-order valence-corrected chi connectivity index (χ2v) is 7.20. The molecule has 0 saturated carbocycles. The Morgan fingerprint density at radius 2 is 1.85 bits per heavy atom. The number of aryl methyl sites for hydroxylation is 2. The second kappa shape index (κ2) is 8.21. The number of methoxy groups -OCH3 is 1. The molecule has 2 aromatic carbocycles. The molecule has 1 unspecified atom stereocenters. The number of nitrogens with zero attached hydrogens (tertiary/aromatic N) is 2. The number of rotatable bonds is 4. The lowest BCUT2D eigenvalue weighted by molar-refractivity contribution is 0.124. The number of aliphatic hydroxyl groups is 1. The van der Waals surface area contributed by atoms with Gasteiger partial charge in [0.05, 0.1) is 13.7 Å². The van der Waals surface area contributed by atoms with Crippen LogP contribution < -0.4 is 5.32 Å². The Balaban J connectivity index is 1.90. The summed E-state index contributed by atoms with van der Waals surface area (Å²) in [6.07, 6.45) is 0.680. The van der Waals surface area contributed by atoms with Gasteiger partial charge < -0.3 is 20.1 Å². The first-order valence-corrected chi connectivity index (χ1v) is 9.19. The fourth-order valence-corrected chi connectivity index (χ4v) is 3.08. The lowest BCUT2D eigenvalue weighted by Crippen LogP contribution is -2.38. The Morgan fingerprint density at radius 3 is 2.52 bits per heavy atom. The van der Waals surface area contributed by atoms with Crippen molar-refractivity contribution in [2.45, 2.75) is 26.6 Å². The first kappa shape index (κ1) is 19.5. The largest absolute Gasteiger partial charge is 0.495 e. The van der Waals surface area contributed by atoms with Crippen LogP contribution in [0.3, 0.4) is 0 Å². The van der Waals surface area contributed by atoms with E-state index in [1.165, 1.54) is 7.11 Å². The summed E-state index contributed by atoms with van der Waals surface area (Å²) in [5.74, 6) is 0.890. The molecule has 2 N–H and O–H groups in total. The number of benzene rings is 2. The molecule has 0 radical (unpaired) electrons. The van der Waals surface area contributed by atoms with Gasteiger partial charge in [0.1, 0.15) is 0 Å². The zero-order valence-corrected chi connectivity index (χ0v) is 16.8. The zero-order chi connectivity index (χ0) is 19.6. The van der Waals surface area contributed by atoms with Crippen molar-refractivity contribution in [3.8, 4) is 0 Å². The van der Waals surface area contributed by atoms with Crippen LogP contribution in [0.15, 0.2) is 53.3 Å². The van der Waals surface area contributed by atoms with Crippen molar-refractivity contribution >= 4 is 34.8 Å². The number of halogens is 2. The molecule has 1 aliphatic heterocycles. The maximum atomic E-state index is 10.2. The van der Waals surface area contributed by atoms with Crippen LogP contribution in [0.25, 0.3) is 0 Å². The van der Waals surface area contributed by atoms with Crippen molar-refractivity contribution in [2.24, 2.45) is 4.99 Å². The number of ether oxygens (including phenoxy) is 1. The van der Waals surface area contributed by atoms with Crippen LogP contribution in [0.5, 0.6) is 0 Å². The molecular formula is C20H21Cl2N3O2. The highest BCUT2D eigenvalue weighted by Gasteiger charge is 2.23. The average molecular weight is 406 g/mol. The minimum absolute atomic E-state index is 0.374. The van der Waals surface area contributed by atoms with Gasteiger partial charge in [-0.15, -0.1) is 0 Å². The van der Waals surface area contributed by atoms with Crippen LogP contribution in [-0.2, 0) is 11.3 Å². The van der Waals surface area contributed by atoms with Gasteiger partial charge in [0.2, 0.25) is 12.2 Å². The van der Waals surface area contributed by atoms with Gasteiger partial charge in [-0.25, -0.2) is 4.99 Å². The fraction of sp³-hybridized carbons (Fsp3) is 0.250. The SMILES string of the molecule is COC1=CN(Cc2ccc(Cl)cc2)C(Nc2cc(C)c(Cl)cc2C)=NC1O. The highest BCUT2D eigenvalue weighted by molar-refractivity contribution is 6.31. The number of aliphatic hydroxyl groups excluding tert-OH is 1. The molecule has 3 rings (SSSR count). The first-order valence-electron chi connectivity index (χ1n) is 8.44. The summed E-state index contributed by atoms with van der Waals surface area (Å²) in [7, 11) is 1.51. The number of anilines is 1. The van der Waals surface area contributed by atoms with Crippen LogP contribution in [0.2, 0.25) is 10.0 Å². The van der Waals surface area contributed by atoms with Crippen LogP contribution in [0, 0.1) is 13.8 Å². The van der Waals surface area contributed by atoms with Gasteiger partial charge in [-0.2, -0.15) is 0 Å². The Morgan fingerprint density at radius 1 is 1.15 bits per heavy atom. The molecule has 7 heteroatoms. The topological polar surface area (TPSA) is 57.1 Å². The lowest BCUT2D eigenvalue weighted by Gasteiger charge is -2.29. The summed E-state index contributed by atoms with van der Waals surface area (Å²) >= 11 is 12.2. The van der Waals surface area contributed by atoms with Gasteiger partial charge in [0, 0.05) is 21.9 Å². The molecule has 27 heavy (non-hydrogen) atoms. The molecule has 0 amide bonds. The first-order chi connectivity index (χ1) is 12.9. The van der Waals surface area contributed by atoms with Gasteiger partial charge in [0.15, 0.2) is 5.76 Å². The maximum absolute atomic E-state index is 10.2. The molecule has 0 aromatic heterocycles. The number of hydrogen-bond donors (Lipinski definition) is 2. The van der Waals surface area contributed by atoms with E-state index >= 15 is 0 Å². The summed E-state index contributed by atoms with van der Waals surface area (Å²) in [6.45, 7) is 4.44. The third-order valence-electron chi connectivity index (χ3n) is 4.31. The molecule has 0 bridgehead atoms. The summed E-state index contributed by atoms with van der Waals surface area (Å²) < 4.78 is 5.24. The number of guanidine groups is 1. The monoisotopic (exact) mass is 405 g/mol. The Bertz CT molecular complexity index is 895. The quantitative estimate of drug-likeness (QED) is 0.773. The highest BCUT2D eigenvalue weighted by atomic mass is 35.5. The summed E-state index contributed by atoms with van der Waals surface area (Å²) in [6, 6.07) is 11.4.